The van der Waals surface area contributed by atoms with Gasteiger partial charge in [-0.1, -0.05) is 23.7 Å². The first kappa shape index (κ1) is 20.4. The van der Waals surface area contributed by atoms with Gasteiger partial charge in [0.2, 0.25) is 0 Å². The Kier molecular flexibility index (Phi) is 5.08. The molecule has 1 aromatic heterocycles. The number of hydrogen-bond donors (Lipinski definition) is 2. The van der Waals surface area contributed by atoms with E-state index in [1.54, 1.807) is 54.1 Å². The van der Waals surface area contributed by atoms with Gasteiger partial charge in [0.1, 0.15) is 11.6 Å². The minimum Gasteiger partial charge on any atom is -0.480 e. The predicted octanol–water partition coefficient (Wildman–Crippen LogP) is 3.61. The van der Waals surface area contributed by atoms with Crippen LogP contribution in [0.25, 0.3) is 17.0 Å². The fraction of sp³-hybridized carbons (Fsp3) is 0.0909. The molecule has 0 aliphatic carbocycles. The van der Waals surface area contributed by atoms with Crippen molar-refractivity contribution < 1.29 is 24.3 Å². The van der Waals surface area contributed by atoms with Gasteiger partial charge in [0.15, 0.2) is 0 Å². The number of aromatic nitrogens is 1. The van der Waals surface area contributed by atoms with Crippen LogP contribution in [-0.4, -0.2) is 33.5 Å². The zero-order chi connectivity index (χ0) is 22.3. The van der Waals surface area contributed by atoms with E-state index in [2.05, 4.69) is 5.32 Å². The van der Waals surface area contributed by atoms with Crippen molar-refractivity contribution in [2.75, 3.05) is 4.90 Å². The molecule has 31 heavy (non-hydrogen) atoms. The Bertz CT molecular complexity index is 1290. The number of hydrogen-bond acceptors (Lipinski definition) is 4. The van der Waals surface area contributed by atoms with E-state index in [0.29, 0.717) is 16.1 Å². The molecule has 2 heterocycles. The van der Waals surface area contributed by atoms with Crippen molar-refractivity contribution >= 4 is 58.1 Å². The number of nitrogens with zero attached hydrogens (tertiary/aromatic N) is 2. The molecule has 1 aliphatic rings. The smallest absolute Gasteiger partial charge is 0.335 e. The molecule has 1 saturated heterocycles. The molecule has 3 aromatic rings. The van der Waals surface area contributed by atoms with E-state index in [1.165, 1.54) is 18.2 Å². The summed E-state index contributed by atoms with van der Waals surface area (Å²) >= 11 is 5.96. The molecule has 156 valence electrons. The van der Waals surface area contributed by atoms with E-state index < -0.39 is 29.9 Å². The van der Waals surface area contributed by atoms with Crippen LogP contribution in [0, 0.1) is 0 Å². The Balaban J connectivity index is 1.72. The highest BCUT2D eigenvalue weighted by molar-refractivity contribution is 6.39. The third kappa shape index (κ3) is 3.69. The molecular formula is C22H16ClN3O5. The van der Waals surface area contributed by atoms with Gasteiger partial charge < -0.3 is 9.67 Å². The minimum absolute atomic E-state index is 0.211. The number of anilines is 1. The molecule has 8 nitrogen and oxygen atoms in total. The number of halogens is 1. The van der Waals surface area contributed by atoms with E-state index in [4.69, 9.17) is 11.6 Å². The van der Waals surface area contributed by atoms with E-state index in [0.717, 1.165) is 10.3 Å². The number of barbiturate groups is 1. The third-order valence-corrected chi connectivity index (χ3v) is 5.23. The number of benzene rings is 2. The van der Waals surface area contributed by atoms with Crippen molar-refractivity contribution in [2.24, 2.45) is 0 Å². The molecule has 0 bridgehead atoms. The Hall–Kier alpha value is -3.91. The van der Waals surface area contributed by atoms with Crippen molar-refractivity contribution in [3.8, 4) is 0 Å². The number of nitrogens with one attached hydrogen (secondary N) is 1. The molecule has 2 aromatic carbocycles. The van der Waals surface area contributed by atoms with Gasteiger partial charge in [0.05, 0.1) is 5.69 Å². The highest BCUT2D eigenvalue weighted by Crippen LogP contribution is 2.26. The molecule has 1 fully saturated rings. The second-order valence-corrected chi connectivity index (χ2v) is 7.43. The fourth-order valence-corrected chi connectivity index (χ4v) is 3.59. The van der Waals surface area contributed by atoms with Crippen molar-refractivity contribution in [1.82, 2.24) is 9.88 Å². The van der Waals surface area contributed by atoms with Gasteiger partial charge in [0.25, 0.3) is 11.8 Å². The number of carbonyl (C=O) groups is 4. The number of aliphatic carboxylic acids is 1. The standard InChI is InChI=1S/C22H16ClN3O5/c1-12(21(29)30)25-8-7-14-9-13(5-6-18(14)25)10-17-19(27)24-22(31)26(20(17)28)16-4-2-3-15(23)11-16/h2-12H,1H3,(H,29,30)(H,24,27,31)/b17-10+/t12-/m1/s1. The summed E-state index contributed by atoms with van der Waals surface area (Å²) in [5, 5.41) is 12.5. The first-order chi connectivity index (χ1) is 14.8. The Morgan fingerprint density at radius 1 is 1.13 bits per heavy atom. The maximum absolute atomic E-state index is 13.0. The molecule has 0 spiro atoms. The fourth-order valence-electron chi connectivity index (χ4n) is 3.40. The number of amides is 4. The van der Waals surface area contributed by atoms with Crippen LogP contribution in [0.15, 0.2) is 60.3 Å². The molecule has 4 rings (SSSR count). The zero-order valence-electron chi connectivity index (χ0n) is 16.2. The van der Waals surface area contributed by atoms with Crippen LogP contribution < -0.4 is 10.2 Å². The summed E-state index contributed by atoms with van der Waals surface area (Å²) < 4.78 is 1.62. The second kappa shape index (κ2) is 7.73. The quantitative estimate of drug-likeness (QED) is 0.478. The lowest BCUT2D eigenvalue weighted by molar-refractivity contribution is -0.140. The average molecular weight is 438 g/mol. The van der Waals surface area contributed by atoms with Gasteiger partial charge in [-0.05, 0) is 55.0 Å². The van der Waals surface area contributed by atoms with Crippen LogP contribution in [-0.2, 0) is 14.4 Å². The van der Waals surface area contributed by atoms with Crippen molar-refractivity contribution in [3.63, 3.8) is 0 Å². The maximum atomic E-state index is 13.0. The first-order valence-corrected chi connectivity index (χ1v) is 9.64. The largest absolute Gasteiger partial charge is 0.480 e. The van der Waals surface area contributed by atoms with Gasteiger partial charge in [0, 0.05) is 22.1 Å². The van der Waals surface area contributed by atoms with Crippen LogP contribution in [0.2, 0.25) is 5.02 Å². The van der Waals surface area contributed by atoms with Crippen molar-refractivity contribution in [1.29, 1.82) is 0 Å². The number of imide groups is 2. The Labute approximate surface area is 181 Å². The van der Waals surface area contributed by atoms with E-state index in [1.807, 2.05) is 0 Å². The number of carbonyl (C=O) groups excluding carboxylic acids is 3. The molecule has 0 radical (unpaired) electrons. The Morgan fingerprint density at radius 2 is 1.90 bits per heavy atom. The van der Waals surface area contributed by atoms with E-state index in [-0.39, 0.29) is 11.3 Å². The number of carboxylic acids is 1. The van der Waals surface area contributed by atoms with Crippen LogP contribution in [0.1, 0.15) is 18.5 Å². The average Bonchev–Trinajstić information content (AvgIpc) is 3.13. The van der Waals surface area contributed by atoms with Crippen molar-refractivity contribution in [3.05, 3.63) is 70.9 Å². The number of rotatable bonds is 4. The Morgan fingerprint density at radius 3 is 2.61 bits per heavy atom. The molecule has 4 amide bonds. The normalized spacial score (nSPS) is 16.6. The van der Waals surface area contributed by atoms with Gasteiger partial charge in [-0.25, -0.2) is 14.5 Å². The summed E-state index contributed by atoms with van der Waals surface area (Å²) in [6.45, 7) is 1.57. The van der Waals surface area contributed by atoms with Crippen LogP contribution in [0.3, 0.4) is 0 Å². The molecule has 2 N–H and O–H groups in total. The van der Waals surface area contributed by atoms with Gasteiger partial charge >= 0.3 is 12.0 Å². The highest BCUT2D eigenvalue weighted by atomic mass is 35.5. The topological polar surface area (TPSA) is 109 Å². The van der Waals surface area contributed by atoms with Crippen LogP contribution in [0.4, 0.5) is 10.5 Å². The lowest BCUT2D eigenvalue weighted by atomic mass is 10.1. The molecular weight excluding hydrogens is 422 g/mol. The molecule has 0 saturated carbocycles. The summed E-state index contributed by atoms with van der Waals surface area (Å²) in [4.78, 5) is 49.7. The summed E-state index contributed by atoms with van der Waals surface area (Å²) in [5.74, 6) is -2.53. The molecule has 0 unspecified atom stereocenters. The lowest BCUT2D eigenvalue weighted by Gasteiger charge is -2.26. The summed E-state index contributed by atoms with van der Waals surface area (Å²) in [7, 11) is 0. The van der Waals surface area contributed by atoms with Crippen LogP contribution in [0.5, 0.6) is 0 Å². The maximum Gasteiger partial charge on any atom is 0.335 e. The minimum atomic E-state index is -0.959. The summed E-state index contributed by atoms with van der Waals surface area (Å²) in [6.07, 6.45) is 3.05. The summed E-state index contributed by atoms with van der Waals surface area (Å²) in [5.41, 5.74) is 1.28. The molecule has 1 aliphatic heterocycles. The van der Waals surface area contributed by atoms with E-state index in [9.17, 15) is 24.3 Å². The SMILES string of the molecule is C[C@H](C(=O)O)n1ccc2cc(/C=C3\C(=O)NC(=O)N(c4cccc(Cl)c4)C3=O)ccc21. The summed E-state index contributed by atoms with van der Waals surface area (Å²) in [6, 6.07) is 11.4. The van der Waals surface area contributed by atoms with Gasteiger partial charge in [-0.2, -0.15) is 0 Å². The molecule has 9 heteroatoms. The first-order valence-electron chi connectivity index (χ1n) is 9.26. The monoisotopic (exact) mass is 437 g/mol. The number of carboxylic acid groups (broad SMARTS) is 1. The molecule has 1 atom stereocenters. The lowest BCUT2D eigenvalue weighted by Crippen LogP contribution is -2.54. The second-order valence-electron chi connectivity index (χ2n) is 6.99. The van der Waals surface area contributed by atoms with Gasteiger partial charge in [-0.3, -0.25) is 14.9 Å². The van der Waals surface area contributed by atoms with E-state index >= 15 is 0 Å². The number of urea groups is 1. The third-order valence-electron chi connectivity index (χ3n) is 5.00. The predicted molar refractivity (Wildman–Crippen MR) is 115 cm³/mol. The van der Waals surface area contributed by atoms with Crippen molar-refractivity contribution in [2.45, 2.75) is 13.0 Å². The van der Waals surface area contributed by atoms with Crippen LogP contribution >= 0.6 is 11.6 Å². The number of fused-ring (bicyclic) bond motifs is 1. The van der Waals surface area contributed by atoms with Gasteiger partial charge in [-0.15, -0.1) is 0 Å². The zero-order valence-corrected chi connectivity index (χ0v) is 17.0. The highest BCUT2D eigenvalue weighted by Gasteiger charge is 2.36.